The van der Waals surface area contributed by atoms with Crippen molar-refractivity contribution in [1.82, 2.24) is 0 Å². The van der Waals surface area contributed by atoms with Crippen LogP contribution in [0.3, 0.4) is 0 Å². The molecular formula is C12H15FO2S. The van der Waals surface area contributed by atoms with Crippen molar-refractivity contribution in [3.05, 3.63) is 29.6 Å². The zero-order chi connectivity index (χ0) is 12.0. The lowest BCUT2D eigenvalue weighted by Gasteiger charge is -2.04. The zero-order valence-corrected chi connectivity index (χ0v) is 10.3. The van der Waals surface area contributed by atoms with E-state index < -0.39 is 5.82 Å². The number of ketones is 1. The van der Waals surface area contributed by atoms with E-state index in [-0.39, 0.29) is 11.3 Å². The van der Waals surface area contributed by atoms with Crippen molar-refractivity contribution in [2.45, 2.75) is 13.3 Å². The summed E-state index contributed by atoms with van der Waals surface area (Å²) in [6.07, 6.45) is 1.02. The maximum absolute atomic E-state index is 13.5. The lowest BCUT2D eigenvalue weighted by atomic mass is 10.1. The molecule has 1 aromatic rings. The molecular weight excluding hydrogens is 227 g/mol. The van der Waals surface area contributed by atoms with Gasteiger partial charge in [-0.25, -0.2) is 4.39 Å². The number of Topliss-reactive ketones (excluding diaryl/α,β-unsaturated/α-hetero) is 1. The zero-order valence-electron chi connectivity index (χ0n) is 9.46. The largest absolute Gasteiger partial charge is 0.497 e. The van der Waals surface area contributed by atoms with Gasteiger partial charge in [-0.2, -0.15) is 11.8 Å². The normalized spacial score (nSPS) is 10.2. The molecule has 0 unspecified atom stereocenters. The van der Waals surface area contributed by atoms with Gasteiger partial charge < -0.3 is 4.74 Å². The highest BCUT2D eigenvalue weighted by molar-refractivity contribution is 7.99. The SMILES string of the molecule is CCCSCC(=O)c1ccc(OC)cc1F. The molecule has 1 aromatic carbocycles. The van der Waals surface area contributed by atoms with Crippen molar-refractivity contribution >= 4 is 17.5 Å². The molecule has 0 saturated heterocycles. The quantitative estimate of drug-likeness (QED) is 0.566. The van der Waals surface area contributed by atoms with Gasteiger partial charge >= 0.3 is 0 Å². The highest BCUT2D eigenvalue weighted by Crippen LogP contribution is 2.18. The van der Waals surface area contributed by atoms with E-state index in [0.717, 1.165) is 12.2 Å². The molecule has 0 spiro atoms. The number of rotatable bonds is 6. The summed E-state index contributed by atoms with van der Waals surface area (Å²) in [7, 11) is 1.47. The van der Waals surface area contributed by atoms with Crippen LogP contribution in [0.2, 0.25) is 0 Å². The molecule has 0 saturated carbocycles. The van der Waals surface area contributed by atoms with Crippen LogP contribution in [-0.4, -0.2) is 24.4 Å². The van der Waals surface area contributed by atoms with Gasteiger partial charge in [0.15, 0.2) is 5.78 Å². The van der Waals surface area contributed by atoms with Gasteiger partial charge in [0.05, 0.1) is 18.4 Å². The van der Waals surface area contributed by atoms with Gasteiger partial charge in [0.1, 0.15) is 11.6 Å². The van der Waals surface area contributed by atoms with Gasteiger partial charge in [-0.15, -0.1) is 0 Å². The third kappa shape index (κ3) is 3.52. The molecule has 0 radical (unpaired) electrons. The minimum atomic E-state index is -0.513. The summed E-state index contributed by atoms with van der Waals surface area (Å²) in [5.74, 6) is 0.996. The Balaban J connectivity index is 2.68. The minimum absolute atomic E-state index is 0.143. The predicted octanol–water partition coefficient (Wildman–Crippen LogP) is 3.16. The second-order valence-corrected chi connectivity index (χ2v) is 4.43. The van der Waals surface area contributed by atoms with Gasteiger partial charge in [-0.05, 0) is 24.3 Å². The molecule has 1 rings (SSSR count). The number of methoxy groups -OCH3 is 1. The Hall–Kier alpha value is -1.03. The Morgan fingerprint density at radius 1 is 1.50 bits per heavy atom. The Morgan fingerprint density at radius 3 is 2.81 bits per heavy atom. The van der Waals surface area contributed by atoms with E-state index in [9.17, 15) is 9.18 Å². The van der Waals surface area contributed by atoms with E-state index in [0.29, 0.717) is 11.5 Å². The van der Waals surface area contributed by atoms with Gasteiger partial charge in [-0.3, -0.25) is 4.79 Å². The highest BCUT2D eigenvalue weighted by atomic mass is 32.2. The average Bonchev–Trinajstić information content (AvgIpc) is 2.29. The first-order valence-electron chi connectivity index (χ1n) is 5.13. The third-order valence-electron chi connectivity index (χ3n) is 2.06. The van der Waals surface area contributed by atoms with Crippen molar-refractivity contribution in [3.8, 4) is 5.75 Å². The summed E-state index contributed by atoms with van der Waals surface area (Å²) in [5, 5.41) is 0. The van der Waals surface area contributed by atoms with Crippen molar-refractivity contribution < 1.29 is 13.9 Å². The Kier molecular flexibility index (Phi) is 5.32. The van der Waals surface area contributed by atoms with Gasteiger partial charge in [0.2, 0.25) is 0 Å². The predicted molar refractivity (Wildman–Crippen MR) is 64.9 cm³/mol. The molecule has 2 nitrogen and oxygen atoms in total. The molecule has 4 heteroatoms. The number of hydrogen-bond acceptors (Lipinski definition) is 3. The number of hydrogen-bond donors (Lipinski definition) is 0. The minimum Gasteiger partial charge on any atom is -0.497 e. The fourth-order valence-electron chi connectivity index (χ4n) is 1.24. The van der Waals surface area contributed by atoms with E-state index in [4.69, 9.17) is 4.74 Å². The van der Waals surface area contributed by atoms with Crippen LogP contribution in [0.4, 0.5) is 4.39 Å². The fourth-order valence-corrected chi connectivity index (χ4v) is 2.01. The molecule has 0 bridgehead atoms. The second-order valence-electron chi connectivity index (χ2n) is 3.32. The number of halogens is 1. The maximum atomic E-state index is 13.5. The molecule has 0 aliphatic carbocycles. The van der Waals surface area contributed by atoms with Gasteiger partial charge in [-0.1, -0.05) is 6.92 Å². The van der Waals surface area contributed by atoms with Crippen LogP contribution in [0.5, 0.6) is 5.75 Å². The first-order chi connectivity index (χ1) is 7.69. The summed E-state index contributed by atoms with van der Waals surface area (Å²) < 4.78 is 18.4. The van der Waals surface area contributed by atoms with E-state index in [1.807, 2.05) is 6.92 Å². The first-order valence-corrected chi connectivity index (χ1v) is 6.29. The van der Waals surface area contributed by atoms with Crippen molar-refractivity contribution in [1.29, 1.82) is 0 Å². The van der Waals surface area contributed by atoms with Gasteiger partial charge in [0, 0.05) is 6.07 Å². The molecule has 0 atom stereocenters. The topological polar surface area (TPSA) is 26.3 Å². The average molecular weight is 242 g/mol. The lowest BCUT2D eigenvalue weighted by molar-refractivity contribution is 0.101. The number of carbonyl (C=O) groups is 1. The molecule has 0 amide bonds. The van der Waals surface area contributed by atoms with Crippen molar-refractivity contribution in [3.63, 3.8) is 0 Å². The summed E-state index contributed by atoms with van der Waals surface area (Å²) >= 11 is 1.53. The first kappa shape index (κ1) is 13.0. The van der Waals surface area contributed by atoms with Crippen molar-refractivity contribution in [2.24, 2.45) is 0 Å². The third-order valence-corrected chi connectivity index (χ3v) is 3.22. The van der Waals surface area contributed by atoms with Crippen LogP contribution in [0.1, 0.15) is 23.7 Å². The number of carbonyl (C=O) groups excluding carboxylic acids is 1. The Morgan fingerprint density at radius 2 is 2.25 bits per heavy atom. The number of thioether (sulfide) groups is 1. The molecule has 16 heavy (non-hydrogen) atoms. The molecule has 0 aliphatic rings. The molecule has 88 valence electrons. The Labute approximate surface area is 99.2 Å². The molecule has 0 N–H and O–H groups in total. The summed E-state index contributed by atoms with van der Waals surface area (Å²) in [6.45, 7) is 2.05. The van der Waals surface area contributed by atoms with Crippen LogP contribution < -0.4 is 4.74 Å². The van der Waals surface area contributed by atoms with Crippen LogP contribution in [0.15, 0.2) is 18.2 Å². The van der Waals surface area contributed by atoms with Crippen LogP contribution in [0.25, 0.3) is 0 Å². The van der Waals surface area contributed by atoms with E-state index >= 15 is 0 Å². The Bertz CT molecular complexity index is 366. The van der Waals surface area contributed by atoms with E-state index in [1.165, 1.54) is 31.0 Å². The fraction of sp³-hybridized carbons (Fsp3) is 0.417. The standard InChI is InChI=1S/C12H15FO2S/c1-3-6-16-8-12(14)10-5-4-9(15-2)7-11(10)13/h4-5,7H,3,6,8H2,1-2H3. The van der Waals surface area contributed by atoms with E-state index in [1.54, 1.807) is 6.07 Å². The summed E-state index contributed by atoms with van der Waals surface area (Å²) in [5.41, 5.74) is 0.143. The molecule has 0 heterocycles. The molecule has 0 aromatic heterocycles. The number of ether oxygens (including phenoxy) is 1. The van der Waals surface area contributed by atoms with Crippen LogP contribution in [0, 0.1) is 5.82 Å². The molecule has 0 aliphatic heterocycles. The summed E-state index contributed by atoms with van der Waals surface area (Å²) in [6, 6.07) is 4.31. The van der Waals surface area contributed by atoms with Gasteiger partial charge in [0.25, 0.3) is 0 Å². The van der Waals surface area contributed by atoms with Crippen LogP contribution in [-0.2, 0) is 0 Å². The van der Waals surface area contributed by atoms with Crippen molar-refractivity contribution in [2.75, 3.05) is 18.6 Å². The van der Waals surface area contributed by atoms with Crippen LogP contribution >= 0.6 is 11.8 Å². The monoisotopic (exact) mass is 242 g/mol. The number of benzene rings is 1. The summed E-state index contributed by atoms with van der Waals surface area (Å²) in [4.78, 5) is 11.6. The molecule has 0 fully saturated rings. The smallest absolute Gasteiger partial charge is 0.175 e. The maximum Gasteiger partial charge on any atom is 0.175 e. The lowest BCUT2D eigenvalue weighted by Crippen LogP contribution is -2.06. The van der Waals surface area contributed by atoms with E-state index in [2.05, 4.69) is 0 Å². The second kappa shape index (κ2) is 6.53. The highest BCUT2D eigenvalue weighted by Gasteiger charge is 2.12.